The summed E-state index contributed by atoms with van der Waals surface area (Å²) in [7, 11) is -8.48. The van der Waals surface area contributed by atoms with Gasteiger partial charge in [0.25, 0.3) is 10.1 Å². The van der Waals surface area contributed by atoms with Crippen molar-refractivity contribution in [3.05, 3.63) is 107 Å². The number of aryl methyl sites for hydroxylation is 1. The van der Waals surface area contributed by atoms with Gasteiger partial charge in [-0.2, -0.15) is 13.0 Å². The first kappa shape index (κ1) is 45.6. The Morgan fingerprint density at radius 1 is 0.877 bits per heavy atom. The summed E-state index contributed by atoms with van der Waals surface area (Å²) < 4.78 is 68.8. The number of rotatable bonds is 17. The van der Waals surface area contributed by atoms with Crippen molar-refractivity contribution in [3.63, 3.8) is 0 Å². The number of hydrogen-bond donors (Lipinski definition) is 2. The van der Waals surface area contributed by atoms with E-state index in [0.717, 1.165) is 50.2 Å². The molecule has 0 atom stereocenters. The Labute approximate surface area is 339 Å². The first-order chi connectivity index (χ1) is 26.7. The lowest BCUT2D eigenvalue weighted by Crippen LogP contribution is -2.28. The minimum atomic E-state index is -4.35. The lowest BCUT2D eigenvalue weighted by atomic mass is 9.79. The third-order valence-electron chi connectivity index (χ3n) is 11.0. The van der Waals surface area contributed by atoms with Gasteiger partial charge in [0, 0.05) is 59.6 Å². The quantitative estimate of drug-likeness (QED) is 0.0790. The van der Waals surface area contributed by atoms with Gasteiger partial charge in [0.2, 0.25) is 5.69 Å². The van der Waals surface area contributed by atoms with E-state index in [-0.39, 0.29) is 25.0 Å². The van der Waals surface area contributed by atoms with Crippen molar-refractivity contribution in [2.45, 2.75) is 85.0 Å². The molecule has 2 heterocycles. The highest BCUT2D eigenvalue weighted by Crippen LogP contribution is 2.48. The van der Waals surface area contributed by atoms with Crippen molar-refractivity contribution in [2.24, 2.45) is 0 Å². The van der Waals surface area contributed by atoms with Crippen molar-refractivity contribution in [3.8, 4) is 0 Å². The topological polar surface area (TPSA) is 158 Å². The molecule has 310 valence electrons. The first-order valence-electron chi connectivity index (χ1n) is 19.7. The van der Waals surface area contributed by atoms with Crippen molar-refractivity contribution < 1.29 is 40.4 Å². The first-order valence-corrected chi connectivity index (χ1v) is 22.9. The standard InChI is InChI=1S/C38H44N2O8S2.C6H15N/c1-37(2)30-26-27(17-21-35(41)42)16-19-31(30)39(22-10-24-49(43,44)45)33(37)14-6-5-7-15-34-38(3,4)36-29-13-9-8-12-28(29)18-20-32(36)40(34)23-11-25-50(46,47)48;1-4-7(5-2)6-3/h5-9,12-16,18-20,26H,10-11,17,21-25H2,1-4H3,(H2-,41,42,43,44,45,46,47,48);4-6H2,1-3H3. The number of carboxylic acid groups (broad SMARTS) is 1. The number of benzene rings is 3. The Kier molecular flexibility index (Phi) is 15.2. The molecule has 0 saturated heterocycles. The van der Waals surface area contributed by atoms with Crippen molar-refractivity contribution >= 4 is 54.1 Å². The molecule has 0 fully saturated rings. The van der Waals surface area contributed by atoms with Gasteiger partial charge in [-0.1, -0.05) is 89.2 Å². The molecule has 0 aromatic heterocycles. The fraction of sp³-hybridized carbons (Fsp3) is 0.455. The Morgan fingerprint density at radius 2 is 1.56 bits per heavy atom. The second-order valence-electron chi connectivity index (χ2n) is 15.5. The van der Waals surface area contributed by atoms with Crippen LogP contribution in [-0.4, -0.2) is 96.4 Å². The molecule has 3 aromatic rings. The SMILES string of the molecule is CC1(C)C(/C=C/C=C/C=C2/N(CCCS(=O)(=O)O)c3ccc(CCC(=O)O)cc3C2(C)C)=[N+](CCCS(=O)(=O)[O-])c2ccc3ccccc3c21.CCN(CC)CC. The zero-order valence-corrected chi connectivity index (χ0v) is 36.0. The molecule has 0 spiro atoms. The molecule has 0 aliphatic carbocycles. The highest BCUT2D eigenvalue weighted by Gasteiger charge is 2.45. The number of fused-ring (bicyclic) bond motifs is 4. The van der Waals surface area contributed by atoms with Crippen LogP contribution in [0.4, 0.5) is 11.4 Å². The molecule has 3 aromatic carbocycles. The van der Waals surface area contributed by atoms with Crippen LogP contribution in [0.1, 0.15) is 84.4 Å². The average Bonchev–Trinajstić information content (AvgIpc) is 3.48. The lowest BCUT2D eigenvalue weighted by molar-refractivity contribution is -0.437. The summed E-state index contributed by atoms with van der Waals surface area (Å²) in [6, 6.07) is 18.1. The van der Waals surface area contributed by atoms with Gasteiger partial charge in [-0.15, -0.1) is 0 Å². The van der Waals surface area contributed by atoms with Crippen LogP contribution < -0.4 is 4.90 Å². The molecule has 57 heavy (non-hydrogen) atoms. The van der Waals surface area contributed by atoms with E-state index < -0.39 is 42.8 Å². The number of carbonyl (C=O) groups is 1. The van der Waals surface area contributed by atoms with Gasteiger partial charge < -0.3 is 19.5 Å². The molecule has 0 amide bonds. The van der Waals surface area contributed by atoms with E-state index >= 15 is 0 Å². The van der Waals surface area contributed by atoms with Crippen LogP contribution in [0.5, 0.6) is 0 Å². The molecular formula is C44H59N3O8S2. The van der Waals surface area contributed by atoms with E-state index in [2.05, 4.69) is 87.1 Å². The fourth-order valence-electron chi connectivity index (χ4n) is 7.98. The van der Waals surface area contributed by atoms with Crippen molar-refractivity contribution in [1.82, 2.24) is 4.90 Å². The largest absolute Gasteiger partial charge is 0.748 e. The minimum absolute atomic E-state index is 0.0152. The number of allylic oxidation sites excluding steroid dienone is 6. The zero-order valence-electron chi connectivity index (χ0n) is 34.4. The van der Waals surface area contributed by atoms with Gasteiger partial charge in [-0.3, -0.25) is 9.35 Å². The van der Waals surface area contributed by atoms with Gasteiger partial charge in [0.15, 0.2) is 5.71 Å². The summed E-state index contributed by atoms with van der Waals surface area (Å²) in [5.74, 6) is -1.69. The van der Waals surface area contributed by atoms with E-state index in [1.165, 1.54) is 19.6 Å². The normalized spacial score (nSPS) is 16.9. The summed E-state index contributed by atoms with van der Waals surface area (Å²) in [4.78, 5) is 15.6. The molecule has 13 heteroatoms. The van der Waals surface area contributed by atoms with Gasteiger partial charge in [-0.25, -0.2) is 8.42 Å². The second kappa shape index (κ2) is 19.1. The molecule has 0 saturated carbocycles. The molecule has 2 aliphatic rings. The van der Waals surface area contributed by atoms with Crippen LogP contribution in [0.15, 0.2) is 90.7 Å². The lowest BCUT2D eigenvalue weighted by Gasteiger charge is -2.27. The zero-order chi connectivity index (χ0) is 42.2. The van der Waals surface area contributed by atoms with Crippen LogP contribution >= 0.6 is 0 Å². The van der Waals surface area contributed by atoms with Gasteiger partial charge in [-0.05, 0) is 86.4 Å². The Morgan fingerprint density at radius 3 is 2.18 bits per heavy atom. The summed E-state index contributed by atoms with van der Waals surface area (Å²) >= 11 is 0. The van der Waals surface area contributed by atoms with Gasteiger partial charge >= 0.3 is 5.97 Å². The fourth-order valence-corrected chi connectivity index (χ4v) is 8.96. The van der Waals surface area contributed by atoms with Gasteiger partial charge in [0.1, 0.15) is 6.54 Å². The Hall–Kier alpha value is -4.14. The third-order valence-corrected chi connectivity index (χ3v) is 12.6. The molecule has 5 rings (SSSR count). The van der Waals surface area contributed by atoms with Crippen LogP contribution in [0.3, 0.4) is 0 Å². The maximum atomic E-state index is 11.5. The van der Waals surface area contributed by atoms with Crippen molar-refractivity contribution in [2.75, 3.05) is 49.1 Å². The van der Waals surface area contributed by atoms with Crippen LogP contribution in [0, 0.1) is 0 Å². The van der Waals surface area contributed by atoms with E-state index in [1.807, 2.05) is 60.7 Å². The molecule has 2 N–H and O–H groups in total. The van der Waals surface area contributed by atoms with E-state index in [9.17, 15) is 35.8 Å². The number of carboxylic acids is 1. The highest BCUT2D eigenvalue weighted by molar-refractivity contribution is 7.85. The van der Waals surface area contributed by atoms with Gasteiger partial charge in [0.05, 0.1) is 21.3 Å². The average molecular weight is 822 g/mol. The summed E-state index contributed by atoms with van der Waals surface area (Å²) in [6.45, 7) is 19.3. The second-order valence-corrected chi connectivity index (χ2v) is 18.6. The molecule has 11 nitrogen and oxygen atoms in total. The van der Waals surface area contributed by atoms with E-state index in [1.54, 1.807) is 0 Å². The van der Waals surface area contributed by atoms with Crippen LogP contribution in [0.2, 0.25) is 0 Å². The molecular weight excluding hydrogens is 763 g/mol. The molecule has 0 radical (unpaired) electrons. The van der Waals surface area contributed by atoms with Crippen LogP contribution in [-0.2, 0) is 42.3 Å². The number of aliphatic carboxylic acids is 1. The third kappa shape index (κ3) is 11.5. The van der Waals surface area contributed by atoms with E-state index in [4.69, 9.17) is 0 Å². The van der Waals surface area contributed by atoms with Crippen LogP contribution in [0.25, 0.3) is 10.8 Å². The summed E-state index contributed by atoms with van der Waals surface area (Å²) in [5.41, 5.74) is 5.93. The summed E-state index contributed by atoms with van der Waals surface area (Å²) in [6.07, 6.45) is 10.6. The number of hydrogen-bond acceptors (Lipinski definition) is 8. The molecule has 2 aliphatic heterocycles. The minimum Gasteiger partial charge on any atom is -0.748 e. The molecule has 0 unspecified atom stereocenters. The predicted octanol–water partition coefficient (Wildman–Crippen LogP) is 7.59. The van der Waals surface area contributed by atoms with E-state index in [0.29, 0.717) is 19.5 Å². The predicted molar refractivity (Wildman–Crippen MR) is 230 cm³/mol. The number of anilines is 1. The molecule has 0 bridgehead atoms. The maximum Gasteiger partial charge on any atom is 0.303 e. The Bertz CT molecular complexity index is 2260. The number of nitrogens with zero attached hydrogens (tertiary/aromatic N) is 3. The Balaban J connectivity index is 0.000000940. The smallest absolute Gasteiger partial charge is 0.303 e. The monoisotopic (exact) mass is 821 g/mol. The highest BCUT2D eigenvalue weighted by atomic mass is 32.2. The summed E-state index contributed by atoms with van der Waals surface area (Å²) in [5, 5.41) is 11.4. The van der Waals surface area contributed by atoms with Crippen molar-refractivity contribution in [1.29, 1.82) is 0 Å². The maximum absolute atomic E-state index is 11.5.